The van der Waals surface area contributed by atoms with Crippen molar-refractivity contribution in [3.8, 4) is 0 Å². The van der Waals surface area contributed by atoms with Gasteiger partial charge in [-0.25, -0.2) is 0 Å². The molecule has 5 heteroatoms. The first-order valence-electron chi connectivity index (χ1n) is 12.1. The number of fused-ring (bicyclic) bond motifs is 4. The second-order valence-electron chi connectivity index (χ2n) is 10.2. The number of nitrogens with one attached hydrogen (secondary N) is 1. The van der Waals surface area contributed by atoms with Crippen LogP contribution in [0.15, 0.2) is 48.5 Å². The van der Waals surface area contributed by atoms with E-state index in [0.29, 0.717) is 24.8 Å². The molecule has 0 radical (unpaired) electrons. The summed E-state index contributed by atoms with van der Waals surface area (Å²) >= 11 is 0. The van der Waals surface area contributed by atoms with Gasteiger partial charge in [0.05, 0.1) is 12.6 Å². The van der Waals surface area contributed by atoms with Crippen molar-refractivity contribution in [3.05, 3.63) is 70.9 Å². The number of H-pyrrole nitrogens is 1. The third-order valence-electron chi connectivity index (χ3n) is 7.24. The minimum atomic E-state index is -0.458. The van der Waals surface area contributed by atoms with E-state index in [2.05, 4.69) is 69.1 Å². The summed E-state index contributed by atoms with van der Waals surface area (Å²) in [7, 11) is 0. The SMILES string of the molecule is CC(C)CCN1CC(=O)N2C(Cc3c([nH]c4ccccc34)C2c2ccc(C(C)C)cc2)C1=O. The number of benzene rings is 2. The van der Waals surface area contributed by atoms with Gasteiger partial charge < -0.3 is 14.8 Å². The minimum Gasteiger partial charge on any atom is -0.356 e. The van der Waals surface area contributed by atoms with Crippen LogP contribution in [0, 0.1) is 5.92 Å². The number of rotatable bonds is 5. The molecule has 2 atom stereocenters. The summed E-state index contributed by atoms with van der Waals surface area (Å²) in [5, 5.41) is 1.15. The van der Waals surface area contributed by atoms with Crippen LogP contribution in [0.3, 0.4) is 0 Å². The van der Waals surface area contributed by atoms with Crippen LogP contribution in [0.5, 0.6) is 0 Å². The topological polar surface area (TPSA) is 56.4 Å². The zero-order chi connectivity index (χ0) is 23.3. The van der Waals surface area contributed by atoms with Crippen LogP contribution in [0.25, 0.3) is 10.9 Å². The number of para-hydroxylation sites is 1. The monoisotopic (exact) mass is 443 g/mol. The summed E-state index contributed by atoms with van der Waals surface area (Å²) in [6.07, 6.45) is 1.47. The van der Waals surface area contributed by atoms with Gasteiger partial charge in [0.15, 0.2) is 0 Å². The standard InChI is InChI=1S/C28H33N3O2/c1-17(2)13-14-30-16-25(32)31-24(28(30)33)15-22-21-7-5-6-8-23(21)29-26(22)27(31)20-11-9-19(10-12-20)18(3)4/h5-12,17-18,24,27,29H,13-16H2,1-4H3. The lowest BCUT2D eigenvalue weighted by Crippen LogP contribution is -2.63. The van der Waals surface area contributed by atoms with Crippen molar-refractivity contribution in [2.24, 2.45) is 5.92 Å². The Bertz CT molecular complexity index is 1190. The second kappa shape index (κ2) is 8.36. The molecule has 1 saturated heterocycles. The highest BCUT2D eigenvalue weighted by Crippen LogP contribution is 2.42. The lowest BCUT2D eigenvalue weighted by Gasteiger charge is -2.47. The van der Waals surface area contributed by atoms with E-state index in [1.165, 1.54) is 5.56 Å². The van der Waals surface area contributed by atoms with Crippen molar-refractivity contribution >= 4 is 22.7 Å². The van der Waals surface area contributed by atoms with Crippen molar-refractivity contribution in [1.82, 2.24) is 14.8 Å². The third kappa shape index (κ3) is 3.73. The fraction of sp³-hybridized carbons (Fsp3) is 0.429. The van der Waals surface area contributed by atoms with E-state index in [4.69, 9.17) is 0 Å². The molecule has 0 saturated carbocycles. The highest BCUT2D eigenvalue weighted by molar-refractivity contribution is 5.97. The molecule has 5 rings (SSSR count). The average molecular weight is 444 g/mol. The van der Waals surface area contributed by atoms with Gasteiger partial charge in [-0.05, 0) is 41.0 Å². The van der Waals surface area contributed by atoms with Gasteiger partial charge in [-0.3, -0.25) is 9.59 Å². The van der Waals surface area contributed by atoms with Crippen molar-refractivity contribution in [3.63, 3.8) is 0 Å². The number of hydrogen-bond donors (Lipinski definition) is 1. The maximum absolute atomic E-state index is 13.6. The number of hydrogen-bond acceptors (Lipinski definition) is 2. The fourth-order valence-corrected chi connectivity index (χ4v) is 5.34. The van der Waals surface area contributed by atoms with Crippen molar-refractivity contribution in [2.45, 2.75) is 58.5 Å². The molecule has 3 aromatic rings. The van der Waals surface area contributed by atoms with Crippen LogP contribution in [-0.2, 0) is 16.0 Å². The van der Waals surface area contributed by atoms with Gasteiger partial charge in [-0.2, -0.15) is 0 Å². The van der Waals surface area contributed by atoms with Crippen LogP contribution in [0.1, 0.15) is 68.5 Å². The first-order chi connectivity index (χ1) is 15.8. The van der Waals surface area contributed by atoms with Crippen LogP contribution in [-0.4, -0.2) is 45.7 Å². The molecule has 2 aliphatic rings. The molecule has 2 aromatic carbocycles. The molecule has 2 amide bonds. The molecule has 33 heavy (non-hydrogen) atoms. The summed E-state index contributed by atoms with van der Waals surface area (Å²) < 4.78 is 0. The summed E-state index contributed by atoms with van der Waals surface area (Å²) in [5.74, 6) is 1.04. The minimum absolute atomic E-state index is 0.0330. The number of carbonyl (C=O) groups is 2. The van der Waals surface area contributed by atoms with Crippen molar-refractivity contribution in [2.75, 3.05) is 13.1 Å². The lowest BCUT2D eigenvalue weighted by atomic mass is 9.85. The van der Waals surface area contributed by atoms with Gasteiger partial charge in [-0.15, -0.1) is 0 Å². The Kier molecular flexibility index (Phi) is 5.51. The number of amides is 2. The molecule has 0 aliphatic carbocycles. The molecule has 0 spiro atoms. The number of aromatic nitrogens is 1. The third-order valence-corrected chi connectivity index (χ3v) is 7.24. The summed E-state index contributed by atoms with van der Waals surface area (Å²) in [6, 6.07) is 16.1. The Balaban J connectivity index is 1.61. The fourth-order valence-electron chi connectivity index (χ4n) is 5.34. The van der Waals surface area contributed by atoms with Gasteiger partial charge in [-0.1, -0.05) is 70.2 Å². The van der Waals surface area contributed by atoms with E-state index in [0.717, 1.165) is 34.1 Å². The van der Waals surface area contributed by atoms with Crippen molar-refractivity contribution < 1.29 is 9.59 Å². The number of nitrogens with zero attached hydrogens (tertiary/aromatic N) is 2. The molecule has 172 valence electrons. The van der Waals surface area contributed by atoms with E-state index in [-0.39, 0.29) is 24.4 Å². The Hall–Kier alpha value is -3.08. The Morgan fingerprint density at radius 2 is 1.73 bits per heavy atom. The van der Waals surface area contributed by atoms with E-state index < -0.39 is 6.04 Å². The Morgan fingerprint density at radius 1 is 1.00 bits per heavy atom. The first kappa shape index (κ1) is 21.7. The number of aromatic amines is 1. The predicted molar refractivity (Wildman–Crippen MR) is 131 cm³/mol. The molecule has 0 bridgehead atoms. The quantitative estimate of drug-likeness (QED) is 0.602. The summed E-state index contributed by atoms with van der Waals surface area (Å²) in [6.45, 7) is 9.47. The highest BCUT2D eigenvalue weighted by atomic mass is 16.2. The zero-order valence-corrected chi connectivity index (χ0v) is 20.0. The van der Waals surface area contributed by atoms with Gasteiger partial charge >= 0.3 is 0 Å². The predicted octanol–water partition coefficient (Wildman–Crippen LogP) is 5.02. The molecule has 1 N–H and O–H groups in total. The lowest BCUT2D eigenvalue weighted by molar-refractivity contribution is -0.158. The van der Waals surface area contributed by atoms with Crippen LogP contribution in [0.4, 0.5) is 0 Å². The first-order valence-corrected chi connectivity index (χ1v) is 12.1. The molecular weight excluding hydrogens is 410 g/mol. The maximum atomic E-state index is 13.6. The summed E-state index contributed by atoms with van der Waals surface area (Å²) in [5.41, 5.74) is 5.58. The normalized spacial score (nSPS) is 20.7. The average Bonchev–Trinajstić information content (AvgIpc) is 3.17. The van der Waals surface area contributed by atoms with Gasteiger partial charge in [0, 0.05) is 29.6 Å². The highest BCUT2D eigenvalue weighted by Gasteiger charge is 2.48. The molecule has 1 fully saturated rings. The maximum Gasteiger partial charge on any atom is 0.246 e. The largest absolute Gasteiger partial charge is 0.356 e. The van der Waals surface area contributed by atoms with Crippen LogP contribution >= 0.6 is 0 Å². The smallest absolute Gasteiger partial charge is 0.246 e. The van der Waals surface area contributed by atoms with Crippen LogP contribution < -0.4 is 0 Å². The van der Waals surface area contributed by atoms with E-state index in [1.54, 1.807) is 4.90 Å². The zero-order valence-electron chi connectivity index (χ0n) is 20.0. The van der Waals surface area contributed by atoms with Crippen molar-refractivity contribution in [1.29, 1.82) is 0 Å². The summed E-state index contributed by atoms with van der Waals surface area (Å²) in [4.78, 5) is 34.4. The number of piperazine rings is 1. The van der Waals surface area contributed by atoms with E-state index in [1.807, 2.05) is 17.0 Å². The molecular formula is C28H33N3O2. The number of carbonyl (C=O) groups excluding carboxylic acids is 2. The molecule has 5 nitrogen and oxygen atoms in total. The van der Waals surface area contributed by atoms with E-state index >= 15 is 0 Å². The molecule has 1 aromatic heterocycles. The van der Waals surface area contributed by atoms with Gasteiger partial charge in [0.25, 0.3) is 0 Å². The second-order valence-corrected chi connectivity index (χ2v) is 10.2. The van der Waals surface area contributed by atoms with Crippen LogP contribution in [0.2, 0.25) is 0 Å². The van der Waals surface area contributed by atoms with E-state index in [9.17, 15) is 9.59 Å². The Morgan fingerprint density at radius 3 is 2.42 bits per heavy atom. The van der Waals surface area contributed by atoms with Gasteiger partial charge in [0.1, 0.15) is 6.04 Å². The molecule has 3 heterocycles. The Labute approximate surface area is 195 Å². The molecule has 2 unspecified atom stereocenters. The van der Waals surface area contributed by atoms with Gasteiger partial charge in [0.2, 0.25) is 11.8 Å². The molecule has 2 aliphatic heterocycles.